The second-order valence-electron chi connectivity index (χ2n) is 4.78. The Morgan fingerprint density at radius 1 is 1.30 bits per heavy atom. The number of anilines is 1. The Bertz CT molecular complexity index is 475. The van der Waals surface area contributed by atoms with Crippen molar-refractivity contribution < 1.29 is 18.0 Å². The van der Waals surface area contributed by atoms with Crippen LogP contribution in [0.4, 0.5) is 18.9 Å². The highest BCUT2D eigenvalue weighted by atomic mass is 35.5. The van der Waals surface area contributed by atoms with Crippen LogP contribution < -0.4 is 10.6 Å². The molecule has 0 aliphatic carbocycles. The molecule has 20 heavy (non-hydrogen) atoms. The number of amides is 1. The topological polar surface area (TPSA) is 41.1 Å². The van der Waals surface area contributed by atoms with E-state index in [4.69, 9.17) is 11.6 Å². The smallest absolute Gasteiger partial charge is 0.376 e. The zero-order chi connectivity index (χ0) is 15.3. The fraction of sp³-hybridized carbons (Fsp3) is 0.462. The third-order valence-corrected chi connectivity index (χ3v) is 2.60. The number of halogens is 4. The van der Waals surface area contributed by atoms with E-state index in [0.29, 0.717) is 12.5 Å². The van der Waals surface area contributed by atoms with Crippen molar-refractivity contribution in [3.8, 4) is 0 Å². The largest absolute Gasteiger partial charge is 0.416 e. The Labute approximate surface area is 120 Å². The van der Waals surface area contributed by atoms with Gasteiger partial charge in [-0.25, -0.2) is 0 Å². The zero-order valence-corrected chi connectivity index (χ0v) is 11.9. The third kappa shape index (κ3) is 5.69. The van der Waals surface area contributed by atoms with Gasteiger partial charge in [0.15, 0.2) is 0 Å². The highest BCUT2D eigenvalue weighted by molar-refractivity contribution is 6.30. The monoisotopic (exact) mass is 308 g/mol. The van der Waals surface area contributed by atoms with Gasteiger partial charge < -0.3 is 10.6 Å². The second-order valence-corrected chi connectivity index (χ2v) is 5.21. The summed E-state index contributed by atoms with van der Waals surface area (Å²) in [6.45, 7) is 4.30. The number of hydrogen-bond acceptors (Lipinski definition) is 2. The molecular weight excluding hydrogens is 293 g/mol. The van der Waals surface area contributed by atoms with E-state index in [9.17, 15) is 18.0 Å². The number of rotatable bonds is 5. The lowest BCUT2D eigenvalue weighted by Crippen LogP contribution is -2.32. The molecule has 0 atom stereocenters. The molecular formula is C13H16ClF3N2O. The lowest BCUT2D eigenvalue weighted by molar-refractivity contribution is -0.137. The maximum Gasteiger partial charge on any atom is 0.416 e. The van der Waals surface area contributed by atoms with E-state index in [0.717, 1.165) is 12.1 Å². The molecule has 0 saturated carbocycles. The quantitative estimate of drug-likeness (QED) is 0.873. The van der Waals surface area contributed by atoms with Crippen LogP contribution in [0.1, 0.15) is 19.4 Å². The first-order valence-electron chi connectivity index (χ1n) is 6.07. The van der Waals surface area contributed by atoms with Crippen LogP contribution in [0, 0.1) is 5.92 Å². The Morgan fingerprint density at radius 2 is 1.95 bits per heavy atom. The molecule has 0 unspecified atom stereocenters. The maximum atomic E-state index is 12.6. The summed E-state index contributed by atoms with van der Waals surface area (Å²) >= 11 is 5.63. The van der Waals surface area contributed by atoms with Gasteiger partial charge in [0.05, 0.1) is 12.1 Å². The van der Waals surface area contributed by atoms with Crippen molar-refractivity contribution in [1.82, 2.24) is 5.32 Å². The fourth-order valence-corrected chi connectivity index (χ4v) is 1.65. The molecule has 3 nitrogen and oxygen atoms in total. The first-order valence-corrected chi connectivity index (χ1v) is 6.44. The van der Waals surface area contributed by atoms with Crippen LogP contribution in [0.25, 0.3) is 0 Å². The second kappa shape index (κ2) is 6.83. The third-order valence-electron chi connectivity index (χ3n) is 2.39. The average Bonchev–Trinajstić information content (AvgIpc) is 2.32. The SMILES string of the molecule is CC(C)CNC(=O)CNc1cc(Cl)cc(C(F)(F)F)c1. The molecule has 0 saturated heterocycles. The number of benzene rings is 1. The molecule has 1 amide bonds. The van der Waals surface area contributed by atoms with Crippen LogP contribution in [0.2, 0.25) is 5.02 Å². The first-order chi connectivity index (χ1) is 9.18. The molecule has 0 bridgehead atoms. The Balaban J connectivity index is 2.64. The molecule has 0 heterocycles. The summed E-state index contributed by atoms with van der Waals surface area (Å²) in [5, 5.41) is 5.24. The highest BCUT2D eigenvalue weighted by Gasteiger charge is 2.31. The molecule has 1 aromatic carbocycles. The molecule has 0 aromatic heterocycles. The molecule has 0 fully saturated rings. The fourth-order valence-electron chi connectivity index (χ4n) is 1.42. The summed E-state index contributed by atoms with van der Waals surface area (Å²) in [6.07, 6.45) is -4.47. The zero-order valence-electron chi connectivity index (χ0n) is 11.1. The number of nitrogens with one attached hydrogen (secondary N) is 2. The number of alkyl halides is 3. The molecule has 0 radical (unpaired) electrons. The van der Waals surface area contributed by atoms with E-state index in [1.165, 1.54) is 6.07 Å². The van der Waals surface area contributed by atoms with Gasteiger partial charge in [0.25, 0.3) is 0 Å². The van der Waals surface area contributed by atoms with E-state index >= 15 is 0 Å². The Morgan fingerprint density at radius 3 is 2.50 bits per heavy atom. The molecule has 1 rings (SSSR count). The van der Waals surface area contributed by atoms with Crippen LogP contribution in [-0.2, 0) is 11.0 Å². The van der Waals surface area contributed by atoms with Crippen LogP contribution in [0.3, 0.4) is 0 Å². The molecule has 112 valence electrons. The van der Waals surface area contributed by atoms with Gasteiger partial charge in [-0.3, -0.25) is 4.79 Å². The van der Waals surface area contributed by atoms with Crippen molar-refractivity contribution >= 4 is 23.2 Å². The molecule has 2 N–H and O–H groups in total. The Hall–Kier alpha value is -1.43. The summed E-state index contributed by atoms with van der Waals surface area (Å²) < 4.78 is 37.8. The van der Waals surface area contributed by atoms with Crippen molar-refractivity contribution in [2.24, 2.45) is 5.92 Å². The summed E-state index contributed by atoms with van der Waals surface area (Å²) in [5.74, 6) is 0.0224. The van der Waals surface area contributed by atoms with E-state index < -0.39 is 11.7 Å². The van der Waals surface area contributed by atoms with Crippen molar-refractivity contribution in [3.63, 3.8) is 0 Å². The van der Waals surface area contributed by atoms with Gasteiger partial charge in [0, 0.05) is 17.3 Å². The molecule has 0 spiro atoms. The van der Waals surface area contributed by atoms with E-state index in [1.807, 2.05) is 13.8 Å². The lowest BCUT2D eigenvalue weighted by atomic mass is 10.2. The van der Waals surface area contributed by atoms with E-state index in [1.54, 1.807) is 0 Å². The lowest BCUT2D eigenvalue weighted by Gasteiger charge is -2.12. The number of carbonyl (C=O) groups is 1. The van der Waals surface area contributed by atoms with E-state index in [2.05, 4.69) is 10.6 Å². The van der Waals surface area contributed by atoms with Gasteiger partial charge in [-0.15, -0.1) is 0 Å². The summed E-state index contributed by atoms with van der Waals surface area (Å²) in [4.78, 5) is 11.5. The maximum absolute atomic E-state index is 12.6. The molecule has 0 aliphatic rings. The van der Waals surface area contributed by atoms with Crippen molar-refractivity contribution in [2.45, 2.75) is 20.0 Å². The van der Waals surface area contributed by atoms with Gasteiger partial charge in [-0.2, -0.15) is 13.2 Å². The van der Waals surface area contributed by atoms with Gasteiger partial charge in [0.1, 0.15) is 0 Å². The molecule has 7 heteroatoms. The number of carbonyl (C=O) groups excluding carboxylic acids is 1. The van der Waals surface area contributed by atoms with Gasteiger partial charge >= 0.3 is 6.18 Å². The van der Waals surface area contributed by atoms with Crippen LogP contribution in [-0.4, -0.2) is 19.0 Å². The van der Waals surface area contributed by atoms with Crippen molar-refractivity contribution in [3.05, 3.63) is 28.8 Å². The van der Waals surface area contributed by atoms with Gasteiger partial charge in [-0.1, -0.05) is 25.4 Å². The average molecular weight is 309 g/mol. The normalized spacial score (nSPS) is 11.6. The van der Waals surface area contributed by atoms with Crippen LogP contribution in [0.15, 0.2) is 18.2 Å². The van der Waals surface area contributed by atoms with Crippen molar-refractivity contribution in [1.29, 1.82) is 0 Å². The summed E-state index contributed by atoms with van der Waals surface area (Å²) in [6, 6.07) is 3.10. The summed E-state index contributed by atoms with van der Waals surface area (Å²) in [5.41, 5.74) is -0.695. The van der Waals surface area contributed by atoms with Gasteiger partial charge in [0.2, 0.25) is 5.91 Å². The standard InChI is InChI=1S/C13H16ClF3N2O/c1-8(2)6-19-12(20)7-18-11-4-9(13(15,16)17)3-10(14)5-11/h3-5,8,18H,6-7H2,1-2H3,(H,19,20). The van der Waals surface area contributed by atoms with Crippen LogP contribution in [0.5, 0.6) is 0 Å². The van der Waals surface area contributed by atoms with Gasteiger partial charge in [-0.05, 0) is 24.1 Å². The highest BCUT2D eigenvalue weighted by Crippen LogP contribution is 2.33. The molecule has 1 aromatic rings. The number of hydrogen-bond donors (Lipinski definition) is 2. The predicted octanol–water partition coefficient (Wildman–Crippen LogP) is 3.54. The Kier molecular flexibility index (Phi) is 5.68. The minimum atomic E-state index is -4.47. The van der Waals surface area contributed by atoms with Crippen LogP contribution >= 0.6 is 11.6 Å². The predicted molar refractivity (Wildman–Crippen MR) is 72.8 cm³/mol. The molecule has 0 aliphatic heterocycles. The van der Waals surface area contributed by atoms with E-state index in [-0.39, 0.29) is 23.2 Å². The van der Waals surface area contributed by atoms with Crippen molar-refractivity contribution in [2.75, 3.05) is 18.4 Å². The minimum absolute atomic E-state index is 0.0371. The summed E-state index contributed by atoms with van der Waals surface area (Å²) in [7, 11) is 0. The first kappa shape index (κ1) is 16.6. The minimum Gasteiger partial charge on any atom is -0.376 e.